The largest absolute Gasteiger partial charge is 0.381 e. The van der Waals surface area contributed by atoms with Crippen LogP contribution < -0.4 is 5.56 Å². The van der Waals surface area contributed by atoms with Gasteiger partial charge in [0.05, 0.1) is 12.8 Å². The topological polar surface area (TPSA) is 49.0 Å². The average molecular weight is 322 g/mol. The second-order valence-corrected chi connectivity index (χ2v) is 6.31. The molecule has 2 aromatic rings. The zero-order valence-corrected chi connectivity index (χ0v) is 13.6. The molecule has 3 heterocycles. The molecular weight excluding hydrogens is 302 g/mol. The van der Waals surface area contributed by atoms with Gasteiger partial charge in [0.25, 0.3) is 5.56 Å². The molecule has 1 atom stereocenters. The lowest BCUT2D eigenvalue weighted by Gasteiger charge is -2.23. The molecule has 0 N–H and O–H groups in total. The summed E-state index contributed by atoms with van der Waals surface area (Å²) < 4.78 is 9.15. The van der Waals surface area contributed by atoms with Crippen molar-refractivity contribution in [2.24, 2.45) is 13.0 Å². The quantitative estimate of drug-likeness (QED) is 0.873. The van der Waals surface area contributed by atoms with Crippen LogP contribution in [-0.4, -0.2) is 27.3 Å². The predicted octanol–water partition coefficient (Wildman–Crippen LogP) is 2.64. The van der Waals surface area contributed by atoms with E-state index in [4.69, 9.17) is 16.3 Å². The molecule has 0 saturated carbocycles. The van der Waals surface area contributed by atoms with E-state index >= 15 is 0 Å². The Morgan fingerprint density at radius 1 is 1.50 bits per heavy atom. The Morgan fingerprint density at radius 3 is 3.00 bits per heavy atom. The molecule has 1 aliphatic heterocycles. The van der Waals surface area contributed by atoms with E-state index in [-0.39, 0.29) is 5.56 Å². The van der Waals surface area contributed by atoms with Gasteiger partial charge in [0, 0.05) is 43.4 Å². The fourth-order valence-corrected chi connectivity index (χ4v) is 3.17. The van der Waals surface area contributed by atoms with Gasteiger partial charge in [-0.15, -0.1) is 0 Å². The van der Waals surface area contributed by atoms with Gasteiger partial charge in [-0.1, -0.05) is 11.6 Å². The highest BCUT2D eigenvalue weighted by molar-refractivity contribution is 6.29. The van der Waals surface area contributed by atoms with E-state index in [1.807, 2.05) is 23.8 Å². The minimum atomic E-state index is 0.00799. The summed E-state index contributed by atoms with van der Waals surface area (Å²) in [6.45, 7) is 4.22. The number of rotatable bonds is 3. The zero-order valence-electron chi connectivity index (χ0n) is 12.9. The fraction of sp³-hybridized carbons (Fsp3) is 0.500. The van der Waals surface area contributed by atoms with Gasteiger partial charge in [0.1, 0.15) is 11.0 Å². The number of hydrogen-bond acceptors (Lipinski definition) is 3. The summed E-state index contributed by atoms with van der Waals surface area (Å²) in [6, 6.07) is 1.87. The van der Waals surface area contributed by atoms with Crippen LogP contribution >= 0.6 is 11.6 Å². The Kier molecular flexibility index (Phi) is 4.36. The first kappa shape index (κ1) is 15.3. The summed E-state index contributed by atoms with van der Waals surface area (Å²) in [5.41, 5.74) is 1.61. The summed E-state index contributed by atoms with van der Waals surface area (Å²) in [4.78, 5) is 16.3. The SMILES string of the molecule is Cc1cc(-c2ncc(Cl)n2CC2CCCOC2)cn(C)c1=O. The van der Waals surface area contributed by atoms with Crippen molar-refractivity contribution >= 4 is 11.6 Å². The van der Waals surface area contributed by atoms with Crippen molar-refractivity contribution in [2.75, 3.05) is 13.2 Å². The van der Waals surface area contributed by atoms with E-state index in [0.29, 0.717) is 16.6 Å². The van der Waals surface area contributed by atoms with Gasteiger partial charge in [-0.2, -0.15) is 0 Å². The molecule has 1 saturated heterocycles. The van der Waals surface area contributed by atoms with Crippen LogP contribution in [0.4, 0.5) is 0 Å². The molecule has 6 heteroatoms. The molecule has 0 aromatic carbocycles. The van der Waals surface area contributed by atoms with Gasteiger partial charge >= 0.3 is 0 Å². The fourth-order valence-electron chi connectivity index (χ4n) is 2.97. The summed E-state index contributed by atoms with van der Waals surface area (Å²) in [7, 11) is 1.75. The maximum atomic E-state index is 11.9. The normalized spacial score (nSPS) is 18.6. The van der Waals surface area contributed by atoms with Crippen molar-refractivity contribution in [3.8, 4) is 11.4 Å². The van der Waals surface area contributed by atoms with E-state index < -0.39 is 0 Å². The third-order valence-corrected chi connectivity index (χ3v) is 4.42. The second kappa shape index (κ2) is 6.26. The van der Waals surface area contributed by atoms with Crippen LogP contribution in [0.3, 0.4) is 0 Å². The lowest BCUT2D eigenvalue weighted by molar-refractivity contribution is 0.0485. The molecule has 1 aliphatic rings. The van der Waals surface area contributed by atoms with Crippen LogP contribution in [0.25, 0.3) is 11.4 Å². The molecule has 3 rings (SSSR count). The van der Waals surface area contributed by atoms with Crippen LogP contribution in [0, 0.1) is 12.8 Å². The van der Waals surface area contributed by atoms with Gasteiger partial charge in [-0.3, -0.25) is 4.79 Å². The highest BCUT2D eigenvalue weighted by Gasteiger charge is 2.19. The highest BCUT2D eigenvalue weighted by Crippen LogP contribution is 2.26. The van der Waals surface area contributed by atoms with Crippen molar-refractivity contribution in [1.29, 1.82) is 0 Å². The number of ether oxygens (including phenoxy) is 1. The molecular formula is C16H20ClN3O2. The first-order chi connectivity index (χ1) is 10.6. The van der Waals surface area contributed by atoms with E-state index in [2.05, 4.69) is 4.98 Å². The van der Waals surface area contributed by atoms with Crippen LogP contribution in [0.2, 0.25) is 5.15 Å². The van der Waals surface area contributed by atoms with Crippen LogP contribution in [0.15, 0.2) is 23.3 Å². The molecule has 0 aliphatic carbocycles. The average Bonchev–Trinajstić information content (AvgIpc) is 2.87. The van der Waals surface area contributed by atoms with Gasteiger partial charge in [0.15, 0.2) is 0 Å². The number of nitrogens with zero attached hydrogens (tertiary/aromatic N) is 3. The first-order valence-corrected chi connectivity index (χ1v) is 7.90. The van der Waals surface area contributed by atoms with Crippen molar-refractivity contribution in [1.82, 2.24) is 14.1 Å². The lowest BCUT2D eigenvalue weighted by atomic mass is 10.0. The van der Waals surface area contributed by atoms with E-state index in [1.165, 1.54) is 0 Å². The van der Waals surface area contributed by atoms with E-state index in [0.717, 1.165) is 44.0 Å². The molecule has 118 valence electrons. The molecule has 2 aromatic heterocycles. The minimum absolute atomic E-state index is 0.00799. The van der Waals surface area contributed by atoms with Crippen molar-refractivity contribution in [2.45, 2.75) is 26.3 Å². The maximum absolute atomic E-state index is 11.9. The number of imidazole rings is 1. The third-order valence-electron chi connectivity index (χ3n) is 4.12. The Balaban J connectivity index is 1.96. The molecule has 0 spiro atoms. The number of halogens is 1. The Hall–Kier alpha value is -1.59. The van der Waals surface area contributed by atoms with Gasteiger partial charge in [0.2, 0.25) is 0 Å². The molecule has 22 heavy (non-hydrogen) atoms. The van der Waals surface area contributed by atoms with E-state index in [1.54, 1.807) is 17.8 Å². The molecule has 1 unspecified atom stereocenters. The number of aryl methyl sites for hydroxylation is 2. The Morgan fingerprint density at radius 2 is 2.32 bits per heavy atom. The molecule has 1 fully saturated rings. The Bertz CT molecular complexity index is 703. The molecule has 5 nitrogen and oxygen atoms in total. The summed E-state index contributed by atoms with van der Waals surface area (Å²) >= 11 is 6.32. The molecule has 0 amide bonds. The van der Waals surface area contributed by atoms with Crippen molar-refractivity contribution < 1.29 is 4.74 Å². The summed E-state index contributed by atoms with van der Waals surface area (Å²) in [6.07, 6.45) is 5.70. The van der Waals surface area contributed by atoms with Gasteiger partial charge in [-0.05, 0) is 25.8 Å². The van der Waals surface area contributed by atoms with Crippen LogP contribution in [0.1, 0.15) is 18.4 Å². The summed E-state index contributed by atoms with van der Waals surface area (Å²) in [5.74, 6) is 1.25. The van der Waals surface area contributed by atoms with Crippen LogP contribution in [0.5, 0.6) is 0 Å². The standard InChI is InChI=1S/C16H20ClN3O2/c1-11-6-13(9-19(2)16(11)21)15-18-7-14(17)20(15)8-12-4-3-5-22-10-12/h6-7,9,12H,3-5,8,10H2,1-2H3. The zero-order chi connectivity index (χ0) is 15.7. The van der Waals surface area contributed by atoms with Crippen molar-refractivity contribution in [3.05, 3.63) is 39.5 Å². The smallest absolute Gasteiger partial charge is 0.253 e. The van der Waals surface area contributed by atoms with Gasteiger partial charge < -0.3 is 13.9 Å². The monoisotopic (exact) mass is 321 g/mol. The Labute approximate surface area is 134 Å². The van der Waals surface area contributed by atoms with Crippen molar-refractivity contribution in [3.63, 3.8) is 0 Å². The predicted molar refractivity (Wildman–Crippen MR) is 86.2 cm³/mol. The van der Waals surface area contributed by atoms with E-state index in [9.17, 15) is 4.79 Å². The molecule has 0 radical (unpaired) electrons. The number of hydrogen-bond donors (Lipinski definition) is 0. The minimum Gasteiger partial charge on any atom is -0.381 e. The third kappa shape index (κ3) is 2.96. The first-order valence-electron chi connectivity index (χ1n) is 7.52. The second-order valence-electron chi connectivity index (χ2n) is 5.93. The maximum Gasteiger partial charge on any atom is 0.253 e. The van der Waals surface area contributed by atoms with Gasteiger partial charge in [-0.25, -0.2) is 4.98 Å². The number of pyridine rings is 1. The van der Waals surface area contributed by atoms with Crippen LogP contribution in [-0.2, 0) is 18.3 Å². The highest BCUT2D eigenvalue weighted by atomic mass is 35.5. The lowest BCUT2D eigenvalue weighted by Crippen LogP contribution is -2.23. The molecule has 0 bridgehead atoms. The number of aromatic nitrogens is 3. The summed E-state index contributed by atoms with van der Waals surface area (Å²) in [5, 5.41) is 0.618.